The summed E-state index contributed by atoms with van der Waals surface area (Å²) in [6.07, 6.45) is -2.13. The van der Waals surface area contributed by atoms with Crippen LogP contribution in [0.5, 0.6) is 5.75 Å². The molecule has 29 heavy (non-hydrogen) atoms. The van der Waals surface area contributed by atoms with Crippen LogP contribution in [0.15, 0.2) is 60.7 Å². The lowest BCUT2D eigenvalue weighted by Gasteiger charge is -2.11. The number of benzene rings is 2. The predicted octanol–water partition coefficient (Wildman–Crippen LogP) is 4.88. The van der Waals surface area contributed by atoms with Crippen LogP contribution < -0.4 is 4.74 Å². The van der Waals surface area contributed by atoms with Crippen molar-refractivity contribution in [2.24, 2.45) is 0 Å². The third-order valence-electron chi connectivity index (χ3n) is 4.10. The largest absolute Gasteiger partial charge is 0.487 e. The van der Waals surface area contributed by atoms with Crippen LogP contribution in [0.3, 0.4) is 0 Å². The standard InChI is InChI=1S/C21H17F3N2O3/c1-14-4-2-3-5-18(14)26-16(12-19(25-26)21(22,23)24)13-29-17-9-6-15(7-10-17)8-11-20(27)28/h2-12H,13H2,1H3,(H,27,28)/b11-8+. The first kappa shape index (κ1) is 20.2. The fourth-order valence-electron chi connectivity index (χ4n) is 2.67. The average molecular weight is 402 g/mol. The molecule has 2 aromatic carbocycles. The van der Waals surface area contributed by atoms with Gasteiger partial charge >= 0.3 is 12.1 Å². The van der Waals surface area contributed by atoms with Crippen molar-refractivity contribution in [3.63, 3.8) is 0 Å². The van der Waals surface area contributed by atoms with Gasteiger partial charge in [-0.3, -0.25) is 0 Å². The Bertz CT molecular complexity index is 1040. The van der Waals surface area contributed by atoms with Crippen molar-refractivity contribution in [1.29, 1.82) is 0 Å². The minimum atomic E-state index is -4.57. The van der Waals surface area contributed by atoms with Crippen LogP contribution in [0.25, 0.3) is 11.8 Å². The normalized spacial score (nSPS) is 11.7. The quantitative estimate of drug-likeness (QED) is 0.597. The number of carboxylic acid groups (broad SMARTS) is 1. The van der Waals surface area contributed by atoms with E-state index in [9.17, 15) is 18.0 Å². The fraction of sp³-hybridized carbons (Fsp3) is 0.143. The Morgan fingerprint density at radius 3 is 2.48 bits per heavy atom. The highest BCUT2D eigenvalue weighted by Gasteiger charge is 2.35. The van der Waals surface area contributed by atoms with Gasteiger partial charge in [0.2, 0.25) is 0 Å². The molecule has 0 aliphatic carbocycles. The van der Waals surface area contributed by atoms with E-state index < -0.39 is 17.8 Å². The Morgan fingerprint density at radius 2 is 1.86 bits per heavy atom. The molecule has 0 spiro atoms. The molecule has 0 fully saturated rings. The minimum Gasteiger partial charge on any atom is -0.487 e. The number of hydrogen-bond acceptors (Lipinski definition) is 3. The lowest BCUT2D eigenvalue weighted by molar-refractivity contribution is -0.141. The molecule has 0 unspecified atom stereocenters. The monoisotopic (exact) mass is 402 g/mol. The maximum absolute atomic E-state index is 13.2. The molecular formula is C21H17F3N2O3. The maximum Gasteiger partial charge on any atom is 0.435 e. The summed E-state index contributed by atoms with van der Waals surface area (Å²) in [7, 11) is 0. The first-order valence-electron chi connectivity index (χ1n) is 8.60. The molecule has 0 atom stereocenters. The Hall–Kier alpha value is -3.55. The summed E-state index contributed by atoms with van der Waals surface area (Å²) in [5, 5.41) is 12.4. The van der Waals surface area contributed by atoms with Crippen molar-refractivity contribution in [3.05, 3.63) is 83.2 Å². The van der Waals surface area contributed by atoms with Crippen LogP contribution in [0.4, 0.5) is 13.2 Å². The SMILES string of the molecule is Cc1ccccc1-n1nc(C(F)(F)F)cc1COc1ccc(/C=C/C(=O)O)cc1. The Balaban J connectivity index is 1.84. The molecule has 1 aromatic heterocycles. The van der Waals surface area contributed by atoms with E-state index in [-0.39, 0.29) is 12.3 Å². The zero-order valence-corrected chi connectivity index (χ0v) is 15.3. The maximum atomic E-state index is 13.2. The first-order valence-corrected chi connectivity index (χ1v) is 8.60. The Morgan fingerprint density at radius 1 is 1.17 bits per heavy atom. The topological polar surface area (TPSA) is 64.4 Å². The number of aromatic nitrogens is 2. The van der Waals surface area contributed by atoms with Crippen molar-refractivity contribution in [2.45, 2.75) is 19.7 Å². The molecule has 0 amide bonds. The zero-order chi connectivity index (χ0) is 21.0. The van der Waals surface area contributed by atoms with Gasteiger partial charge in [-0.2, -0.15) is 18.3 Å². The molecular weight excluding hydrogens is 385 g/mol. The van der Waals surface area contributed by atoms with Gasteiger partial charge < -0.3 is 9.84 Å². The van der Waals surface area contributed by atoms with E-state index in [0.29, 0.717) is 17.0 Å². The second-order valence-electron chi connectivity index (χ2n) is 6.25. The summed E-state index contributed by atoms with van der Waals surface area (Å²) in [6, 6.07) is 14.5. The van der Waals surface area contributed by atoms with Crippen molar-refractivity contribution in [3.8, 4) is 11.4 Å². The number of hydrogen-bond donors (Lipinski definition) is 1. The molecule has 150 valence electrons. The van der Waals surface area contributed by atoms with E-state index in [1.165, 1.54) is 10.8 Å². The van der Waals surface area contributed by atoms with E-state index >= 15 is 0 Å². The van der Waals surface area contributed by atoms with Crippen LogP contribution in [0.1, 0.15) is 22.5 Å². The summed E-state index contributed by atoms with van der Waals surface area (Å²) >= 11 is 0. The molecule has 1 N–H and O–H groups in total. The Kier molecular flexibility index (Phi) is 5.72. The molecule has 3 aromatic rings. The molecule has 0 saturated heterocycles. The number of nitrogens with zero attached hydrogens (tertiary/aromatic N) is 2. The number of halogens is 3. The second-order valence-corrected chi connectivity index (χ2v) is 6.25. The number of carbonyl (C=O) groups is 1. The average Bonchev–Trinajstić information content (AvgIpc) is 3.10. The van der Waals surface area contributed by atoms with E-state index in [0.717, 1.165) is 17.7 Å². The van der Waals surface area contributed by atoms with E-state index in [2.05, 4.69) is 5.10 Å². The second kappa shape index (κ2) is 8.22. The van der Waals surface area contributed by atoms with Crippen molar-refractivity contribution in [1.82, 2.24) is 9.78 Å². The molecule has 0 aliphatic heterocycles. The summed E-state index contributed by atoms with van der Waals surface area (Å²) in [5.41, 5.74) is 1.23. The van der Waals surface area contributed by atoms with Crippen LogP contribution in [0.2, 0.25) is 0 Å². The number of aryl methyl sites for hydroxylation is 1. The third-order valence-corrected chi connectivity index (χ3v) is 4.10. The smallest absolute Gasteiger partial charge is 0.435 e. The lowest BCUT2D eigenvalue weighted by Crippen LogP contribution is -2.09. The van der Waals surface area contributed by atoms with E-state index in [4.69, 9.17) is 9.84 Å². The number of rotatable bonds is 6. The number of carboxylic acids is 1. The highest BCUT2D eigenvalue weighted by atomic mass is 19.4. The van der Waals surface area contributed by atoms with Gasteiger partial charge in [0.15, 0.2) is 5.69 Å². The predicted molar refractivity (Wildman–Crippen MR) is 101 cm³/mol. The van der Waals surface area contributed by atoms with Crippen molar-refractivity contribution < 1.29 is 27.8 Å². The lowest BCUT2D eigenvalue weighted by atomic mass is 10.2. The summed E-state index contributed by atoms with van der Waals surface area (Å²) in [4.78, 5) is 10.5. The van der Waals surface area contributed by atoms with Gasteiger partial charge in [-0.15, -0.1) is 0 Å². The number of alkyl halides is 3. The molecule has 0 aliphatic rings. The van der Waals surface area contributed by atoms with Crippen LogP contribution in [0, 0.1) is 6.92 Å². The van der Waals surface area contributed by atoms with Crippen LogP contribution >= 0.6 is 0 Å². The number of ether oxygens (including phenoxy) is 1. The van der Waals surface area contributed by atoms with Gasteiger partial charge in [-0.1, -0.05) is 30.3 Å². The van der Waals surface area contributed by atoms with Crippen LogP contribution in [-0.4, -0.2) is 20.9 Å². The molecule has 0 radical (unpaired) electrons. The minimum absolute atomic E-state index is 0.123. The van der Waals surface area contributed by atoms with Gasteiger partial charge in [0.1, 0.15) is 12.4 Å². The number of aliphatic carboxylic acids is 1. The third kappa shape index (κ3) is 5.04. The highest BCUT2D eigenvalue weighted by molar-refractivity contribution is 5.85. The Labute approximate surface area is 164 Å². The molecule has 3 rings (SSSR count). The van der Waals surface area contributed by atoms with Crippen LogP contribution in [-0.2, 0) is 17.6 Å². The summed E-state index contributed by atoms with van der Waals surface area (Å²) in [5.74, 6) is -0.626. The van der Waals surface area contributed by atoms with Gasteiger partial charge in [-0.25, -0.2) is 9.48 Å². The zero-order valence-electron chi connectivity index (χ0n) is 15.3. The first-order chi connectivity index (χ1) is 13.7. The van der Waals surface area contributed by atoms with Gasteiger partial charge in [0.25, 0.3) is 0 Å². The van der Waals surface area contributed by atoms with E-state index in [1.54, 1.807) is 55.5 Å². The van der Waals surface area contributed by atoms with E-state index in [1.807, 2.05) is 0 Å². The summed E-state index contributed by atoms with van der Waals surface area (Å²) < 4.78 is 46.4. The van der Waals surface area contributed by atoms with Gasteiger partial charge in [-0.05, 0) is 48.4 Å². The molecule has 8 heteroatoms. The van der Waals surface area contributed by atoms with Gasteiger partial charge in [0, 0.05) is 6.08 Å². The molecule has 5 nitrogen and oxygen atoms in total. The highest BCUT2D eigenvalue weighted by Crippen LogP contribution is 2.30. The van der Waals surface area contributed by atoms with Crippen molar-refractivity contribution in [2.75, 3.05) is 0 Å². The summed E-state index contributed by atoms with van der Waals surface area (Å²) in [6.45, 7) is 1.67. The molecule has 0 bridgehead atoms. The molecule has 0 saturated carbocycles. The molecule has 1 heterocycles. The fourth-order valence-corrected chi connectivity index (χ4v) is 2.67. The van der Waals surface area contributed by atoms with Gasteiger partial charge in [0.05, 0.1) is 11.4 Å². The number of para-hydroxylation sites is 1. The van der Waals surface area contributed by atoms with Crippen molar-refractivity contribution >= 4 is 12.0 Å².